The van der Waals surface area contributed by atoms with E-state index < -0.39 is 5.91 Å². The van der Waals surface area contributed by atoms with Crippen molar-refractivity contribution in [3.05, 3.63) is 91.5 Å². The third-order valence-corrected chi connectivity index (χ3v) is 6.32. The standard InChI is InChI=1S/C24H21Cl3N4O3/c1-13-22(14(2)31(29-13)11-16-4-9-20(26)21(27)10-16)28-24(32)23-19(15(3)34-30-23)12-33-18-7-5-17(25)6-8-18/h4-10H,11-12H2,1-3H3,(H,28,32). The molecule has 10 heteroatoms. The molecule has 4 rings (SSSR count). The van der Waals surface area contributed by atoms with Crippen LogP contribution in [-0.2, 0) is 13.2 Å². The molecule has 2 aromatic heterocycles. The maximum atomic E-state index is 13.1. The van der Waals surface area contributed by atoms with Crippen molar-refractivity contribution < 1.29 is 14.1 Å². The van der Waals surface area contributed by atoms with Gasteiger partial charge >= 0.3 is 0 Å². The van der Waals surface area contributed by atoms with E-state index in [1.165, 1.54) is 0 Å². The van der Waals surface area contributed by atoms with Gasteiger partial charge in [0.05, 0.1) is 39.2 Å². The minimum absolute atomic E-state index is 0.119. The number of anilines is 1. The van der Waals surface area contributed by atoms with Crippen molar-refractivity contribution in [3.8, 4) is 5.75 Å². The first-order valence-electron chi connectivity index (χ1n) is 10.4. The molecule has 0 aliphatic rings. The van der Waals surface area contributed by atoms with Gasteiger partial charge in [0.25, 0.3) is 5.91 Å². The molecule has 0 aliphatic carbocycles. The van der Waals surface area contributed by atoms with Crippen LogP contribution >= 0.6 is 34.8 Å². The van der Waals surface area contributed by atoms with Gasteiger partial charge in [0.2, 0.25) is 0 Å². The van der Waals surface area contributed by atoms with Crippen molar-refractivity contribution in [1.82, 2.24) is 14.9 Å². The molecular formula is C24H21Cl3N4O3. The van der Waals surface area contributed by atoms with Gasteiger partial charge in [0.1, 0.15) is 18.1 Å². The van der Waals surface area contributed by atoms with E-state index in [-0.39, 0.29) is 12.3 Å². The quantitative estimate of drug-likeness (QED) is 0.296. The van der Waals surface area contributed by atoms with Crippen LogP contribution in [0.15, 0.2) is 47.0 Å². The van der Waals surface area contributed by atoms with Crippen molar-refractivity contribution in [1.29, 1.82) is 0 Å². The van der Waals surface area contributed by atoms with E-state index in [1.807, 2.05) is 19.9 Å². The van der Waals surface area contributed by atoms with E-state index in [4.69, 9.17) is 44.1 Å². The Morgan fingerprint density at radius 2 is 1.79 bits per heavy atom. The summed E-state index contributed by atoms with van der Waals surface area (Å²) in [4.78, 5) is 13.1. The summed E-state index contributed by atoms with van der Waals surface area (Å²) < 4.78 is 12.9. The lowest BCUT2D eigenvalue weighted by molar-refractivity contribution is 0.101. The summed E-state index contributed by atoms with van der Waals surface area (Å²) in [6.07, 6.45) is 0. The van der Waals surface area contributed by atoms with Gasteiger partial charge in [-0.25, -0.2) is 0 Å². The van der Waals surface area contributed by atoms with Crippen LogP contribution in [0.2, 0.25) is 15.1 Å². The summed E-state index contributed by atoms with van der Waals surface area (Å²) in [6.45, 7) is 6.03. The van der Waals surface area contributed by atoms with Crippen LogP contribution in [0.5, 0.6) is 5.75 Å². The summed E-state index contributed by atoms with van der Waals surface area (Å²) in [6, 6.07) is 12.4. The number of carbonyl (C=O) groups excluding carboxylic acids is 1. The summed E-state index contributed by atoms with van der Waals surface area (Å²) in [5.74, 6) is 0.710. The smallest absolute Gasteiger partial charge is 0.278 e. The molecule has 34 heavy (non-hydrogen) atoms. The van der Waals surface area contributed by atoms with Gasteiger partial charge in [0, 0.05) is 5.02 Å². The third kappa shape index (κ3) is 5.22. The van der Waals surface area contributed by atoms with E-state index >= 15 is 0 Å². The zero-order valence-electron chi connectivity index (χ0n) is 18.7. The Labute approximate surface area is 211 Å². The number of aromatic nitrogens is 3. The Kier molecular flexibility index (Phi) is 7.16. The maximum absolute atomic E-state index is 13.1. The van der Waals surface area contributed by atoms with Crippen LogP contribution in [0, 0.1) is 20.8 Å². The molecule has 0 saturated heterocycles. The van der Waals surface area contributed by atoms with E-state index in [1.54, 1.807) is 48.0 Å². The second-order valence-corrected chi connectivity index (χ2v) is 8.97. The molecule has 0 spiro atoms. The molecule has 2 heterocycles. The molecule has 0 radical (unpaired) electrons. The average Bonchev–Trinajstić information content (AvgIpc) is 3.30. The molecule has 176 valence electrons. The van der Waals surface area contributed by atoms with Crippen molar-refractivity contribution in [2.45, 2.75) is 33.9 Å². The normalized spacial score (nSPS) is 11.0. The number of nitrogens with one attached hydrogen (secondary N) is 1. The first-order valence-corrected chi connectivity index (χ1v) is 11.5. The summed E-state index contributed by atoms with van der Waals surface area (Å²) in [5, 5.41) is 13.0. The highest BCUT2D eigenvalue weighted by molar-refractivity contribution is 6.42. The topological polar surface area (TPSA) is 82.2 Å². The van der Waals surface area contributed by atoms with Gasteiger partial charge in [-0.1, -0.05) is 46.0 Å². The number of benzene rings is 2. The molecule has 4 aromatic rings. The SMILES string of the molecule is Cc1nn(Cc2ccc(Cl)c(Cl)c2)c(C)c1NC(=O)c1noc(C)c1COc1ccc(Cl)cc1. The molecule has 2 aromatic carbocycles. The number of hydrogen-bond donors (Lipinski definition) is 1. The lowest BCUT2D eigenvalue weighted by Gasteiger charge is -2.09. The number of rotatable bonds is 7. The third-order valence-electron chi connectivity index (χ3n) is 5.33. The Bertz CT molecular complexity index is 1350. The Balaban J connectivity index is 1.51. The highest BCUT2D eigenvalue weighted by atomic mass is 35.5. The monoisotopic (exact) mass is 518 g/mol. The maximum Gasteiger partial charge on any atom is 0.278 e. The van der Waals surface area contributed by atoms with Gasteiger partial charge in [-0.05, 0) is 62.7 Å². The Morgan fingerprint density at radius 3 is 2.50 bits per heavy atom. The molecule has 0 aliphatic heterocycles. The number of halogens is 3. The van der Waals surface area contributed by atoms with Crippen LogP contribution in [0.25, 0.3) is 0 Å². The molecule has 0 bridgehead atoms. The molecule has 1 amide bonds. The number of nitrogens with zero attached hydrogens (tertiary/aromatic N) is 3. The predicted molar refractivity (Wildman–Crippen MR) is 132 cm³/mol. The molecule has 0 unspecified atom stereocenters. The highest BCUT2D eigenvalue weighted by Crippen LogP contribution is 2.26. The lowest BCUT2D eigenvalue weighted by Crippen LogP contribution is -2.16. The highest BCUT2D eigenvalue weighted by Gasteiger charge is 2.23. The number of aryl methyl sites for hydroxylation is 2. The van der Waals surface area contributed by atoms with Gasteiger partial charge in [-0.3, -0.25) is 9.48 Å². The van der Waals surface area contributed by atoms with Gasteiger partial charge in [-0.2, -0.15) is 5.10 Å². The number of hydrogen-bond acceptors (Lipinski definition) is 5. The van der Waals surface area contributed by atoms with Gasteiger partial charge < -0.3 is 14.6 Å². The van der Waals surface area contributed by atoms with Crippen LogP contribution in [0.1, 0.15) is 38.8 Å². The Hall–Kier alpha value is -3.00. The molecule has 1 N–H and O–H groups in total. The second-order valence-electron chi connectivity index (χ2n) is 7.71. The fourth-order valence-electron chi connectivity index (χ4n) is 3.44. The van der Waals surface area contributed by atoms with Crippen molar-refractivity contribution in [2.24, 2.45) is 0 Å². The first-order chi connectivity index (χ1) is 16.2. The van der Waals surface area contributed by atoms with Crippen LogP contribution in [0.3, 0.4) is 0 Å². The second kappa shape index (κ2) is 10.1. The van der Waals surface area contributed by atoms with Crippen molar-refractivity contribution in [2.75, 3.05) is 5.32 Å². The molecule has 0 saturated carbocycles. The van der Waals surface area contributed by atoms with E-state index in [2.05, 4.69) is 15.6 Å². The zero-order chi connectivity index (χ0) is 24.4. The zero-order valence-corrected chi connectivity index (χ0v) is 20.9. The molecular weight excluding hydrogens is 499 g/mol. The summed E-state index contributed by atoms with van der Waals surface area (Å²) in [5.41, 5.74) is 3.72. The molecule has 7 nitrogen and oxygen atoms in total. The minimum Gasteiger partial charge on any atom is -0.489 e. The van der Waals surface area contributed by atoms with Crippen molar-refractivity contribution >= 4 is 46.4 Å². The summed E-state index contributed by atoms with van der Waals surface area (Å²) >= 11 is 18.1. The van der Waals surface area contributed by atoms with Gasteiger partial charge in [0.15, 0.2) is 5.69 Å². The van der Waals surface area contributed by atoms with E-state index in [9.17, 15) is 4.79 Å². The average molecular weight is 520 g/mol. The van der Waals surface area contributed by atoms with E-state index in [0.29, 0.717) is 50.1 Å². The van der Waals surface area contributed by atoms with Crippen LogP contribution in [0.4, 0.5) is 5.69 Å². The van der Waals surface area contributed by atoms with Gasteiger partial charge in [-0.15, -0.1) is 0 Å². The first kappa shape index (κ1) is 24.1. The fourth-order valence-corrected chi connectivity index (χ4v) is 3.89. The lowest BCUT2D eigenvalue weighted by atomic mass is 10.2. The summed E-state index contributed by atoms with van der Waals surface area (Å²) in [7, 11) is 0. The largest absolute Gasteiger partial charge is 0.489 e. The van der Waals surface area contributed by atoms with Crippen LogP contribution < -0.4 is 10.1 Å². The Morgan fingerprint density at radius 1 is 1.06 bits per heavy atom. The van der Waals surface area contributed by atoms with E-state index in [0.717, 1.165) is 11.3 Å². The van der Waals surface area contributed by atoms with Crippen LogP contribution in [-0.4, -0.2) is 20.8 Å². The predicted octanol–water partition coefficient (Wildman–Crippen LogP) is 6.64. The minimum atomic E-state index is -0.410. The number of carbonyl (C=O) groups is 1. The number of amides is 1. The number of ether oxygens (including phenoxy) is 1. The fraction of sp³-hybridized carbons (Fsp3) is 0.208. The van der Waals surface area contributed by atoms with Crippen molar-refractivity contribution in [3.63, 3.8) is 0 Å². The molecule has 0 fully saturated rings. The molecule has 0 atom stereocenters.